The van der Waals surface area contributed by atoms with Crippen LogP contribution in [0.2, 0.25) is 0 Å². The SMILES string of the molecule is O=C(O)CCN1C(=O)C2C3CC(C2C1=O)C1C3Sc2[nH]c(=O)sc2[C@@H]1c1ccccc1OCc1ccccc1. The number of carbonyl (C=O) groups excluding carboxylic acids is 2. The van der Waals surface area contributed by atoms with E-state index in [2.05, 4.69) is 11.1 Å². The van der Waals surface area contributed by atoms with Crippen LogP contribution in [0.1, 0.15) is 34.8 Å². The number of H-pyrrole nitrogens is 1. The van der Waals surface area contributed by atoms with Gasteiger partial charge in [0.2, 0.25) is 11.8 Å². The molecule has 2 bridgehead atoms. The number of amides is 2. The van der Waals surface area contributed by atoms with Crippen molar-refractivity contribution in [3.05, 3.63) is 80.3 Å². The maximum Gasteiger partial charge on any atom is 0.305 e. The molecule has 2 saturated carbocycles. The molecule has 2 amide bonds. The third-order valence-corrected chi connectivity index (χ3v) is 11.4. The van der Waals surface area contributed by atoms with E-state index in [0.29, 0.717) is 6.61 Å². The third kappa shape index (κ3) is 3.87. The highest BCUT2D eigenvalue weighted by atomic mass is 32.2. The van der Waals surface area contributed by atoms with E-state index in [1.54, 1.807) is 11.8 Å². The standard InChI is InChI=1S/C29H26N2O6S2/c32-19(33)10-11-31-27(34)22-16-12-17(23(22)28(31)35)24-21(16)20(25-26(38-24)30-29(36)39-25)15-8-4-5-9-18(15)37-13-14-6-2-1-3-7-14/h1-9,16-17,20-24H,10-13H2,(H,30,36)(H,32,33)/t16?,17?,20-,21?,22?,23?,24?/m1/s1. The first-order valence-corrected chi connectivity index (χ1v) is 14.8. The Balaban J connectivity index is 1.27. The van der Waals surface area contributed by atoms with Gasteiger partial charge in [-0.25, -0.2) is 0 Å². The summed E-state index contributed by atoms with van der Waals surface area (Å²) in [5, 5.41) is 10.1. The lowest BCUT2D eigenvalue weighted by Gasteiger charge is -2.43. The molecule has 39 heavy (non-hydrogen) atoms. The average Bonchev–Trinajstić information content (AvgIpc) is 3.66. The number of thioether (sulfide) groups is 1. The minimum atomic E-state index is -1.03. The van der Waals surface area contributed by atoms with Crippen LogP contribution in [-0.2, 0) is 21.0 Å². The predicted molar refractivity (Wildman–Crippen MR) is 145 cm³/mol. The summed E-state index contributed by atoms with van der Waals surface area (Å²) in [5.74, 6) is -1.71. The van der Waals surface area contributed by atoms with Crippen molar-refractivity contribution < 1.29 is 24.2 Å². The van der Waals surface area contributed by atoms with Crippen LogP contribution >= 0.6 is 23.1 Å². The lowest BCUT2D eigenvalue weighted by Crippen LogP contribution is -2.42. The molecule has 7 atom stereocenters. The number of para-hydroxylation sites is 1. The molecule has 8 nitrogen and oxygen atoms in total. The summed E-state index contributed by atoms with van der Waals surface area (Å²) < 4.78 is 6.35. The van der Waals surface area contributed by atoms with Crippen molar-refractivity contribution >= 4 is 40.9 Å². The molecule has 4 aliphatic rings. The van der Waals surface area contributed by atoms with Gasteiger partial charge in [-0.1, -0.05) is 59.9 Å². The molecule has 6 unspecified atom stereocenters. The number of aromatic amines is 1. The van der Waals surface area contributed by atoms with Gasteiger partial charge < -0.3 is 14.8 Å². The van der Waals surface area contributed by atoms with Crippen LogP contribution in [-0.4, -0.2) is 44.6 Å². The maximum atomic E-state index is 13.5. The van der Waals surface area contributed by atoms with Gasteiger partial charge in [0, 0.05) is 28.2 Å². The van der Waals surface area contributed by atoms with Crippen molar-refractivity contribution in [1.29, 1.82) is 0 Å². The van der Waals surface area contributed by atoms with Gasteiger partial charge in [0.05, 0.1) is 23.3 Å². The molecule has 200 valence electrons. The first-order valence-electron chi connectivity index (χ1n) is 13.1. The normalized spacial score (nSPS) is 30.3. The molecule has 1 aromatic heterocycles. The number of ether oxygens (including phenoxy) is 1. The Kier molecular flexibility index (Phi) is 5.93. The summed E-state index contributed by atoms with van der Waals surface area (Å²) in [7, 11) is 0. The monoisotopic (exact) mass is 562 g/mol. The summed E-state index contributed by atoms with van der Waals surface area (Å²) in [6.07, 6.45) is 0.533. The lowest BCUT2D eigenvalue weighted by molar-refractivity contribution is -0.142. The van der Waals surface area contributed by atoms with Gasteiger partial charge >= 0.3 is 10.8 Å². The number of aliphatic carboxylic acids is 1. The number of hydrogen-bond donors (Lipinski definition) is 2. The Hall–Kier alpha value is -3.37. The van der Waals surface area contributed by atoms with E-state index < -0.39 is 17.8 Å². The molecule has 3 aromatic rings. The Morgan fingerprint density at radius 2 is 1.72 bits per heavy atom. The second-order valence-electron chi connectivity index (χ2n) is 10.7. The molecule has 2 aromatic carbocycles. The maximum absolute atomic E-state index is 13.5. The number of thiazole rings is 1. The van der Waals surface area contributed by atoms with Gasteiger partial charge in [0.15, 0.2) is 0 Å². The Labute approximate surface area is 232 Å². The van der Waals surface area contributed by atoms with Crippen LogP contribution in [0.15, 0.2) is 64.4 Å². The summed E-state index contributed by atoms with van der Waals surface area (Å²) in [6, 6.07) is 17.9. The van der Waals surface area contributed by atoms with E-state index in [4.69, 9.17) is 9.84 Å². The topological polar surface area (TPSA) is 117 Å². The zero-order chi connectivity index (χ0) is 26.8. The highest BCUT2D eigenvalue weighted by Gasteiger charge is 2.69. The molecule has 10 heteroatoms. The summed E-state index contributed by atoms with van der Waals surface area (Å²) in [4.78, 5) is 55.7. The molecule has 2 aliphatic heterocycles. The first-order chi connectivity index (χ1) is 18.9. The van der Waals surface area contributed by atoms with Crippen LogP contribution in [0, 0.1) is 29.6 Å². The van der Waals surface area contributed by atoms with Gasteiger partial charge in [-0.3, -0.25) is 24.1 Å². The number of nitrogens with zero attached hydrogens (tertiary/aromatic N) is 1. The van der Waals surface area contributed by atoms with Gasteiger partial charge in [-0.05, 0) is 35.8 Å². The quantitative estimate of drug-likeness (QED) is 0.419. The van der Waals surface area contributed by atoms with Crippen LogP contribution < -0.4 is 9.61 Å². The summed E-state index contributed by atoms with van der Waals surface area (Å²) in [6.45, 7) is 0.327. The molecule has 3 heterocycles. The zero-order valence-electron chi connectivity index (χ0n) is 20.8. The molecule has 0 spiro atoms. The van der Waals surface area contributed by atoms with E-state index in [1.807, 2.05) is 48.5 Å². The molecule has 3 fully saturated rings. The third-order valence-electron chi connectivity index (χ3n) is 8.86. The molecular weight excluding hydrogens is 536 g/mol. The van der Waals surface area contributed by atoms with Crippen molar-refractivity contribution in [2.75, 3.05) is 6.54 Å². The fraction of sp³-hybridized carbons (Fsp3) is 0.379. The minimum absolute atomic E-state index is 0.00210. The number of aromatic nitrogens is 1. The second-order valence-corrected chi connectivity index (χ2v) is 12.9. The summed E-state index contributed by atoms with van der Waals surface area (Å²) >= 11 is 2.85. The Bertz CT molecular complexity index is 1530. The van der Waals surface area contributed by atoms with E-state index in [0.717, 1.165) is 33.2 Å². The fourth-order valence-corrected chi connectivity index (χ4v) is 10.3. The number of carbonyl (C=O) groups is 3. The van der Waals surface area contributed by atoms with Gasteiger partial charge in [-0.15, -0.1) is 11.8 Å². The first kappa shape index (κ1) is 24.7. The number of hydrogen-bond acceptors (Lipinski definition) is 7. The second kappa shape index (κ2) is 9.38. The molecule has 2 N–H and O–H groups in total. The van der Waals surface area contributed by atoms with Crippen molar-refractivity contribution in [1.82, 2.24) is 9.88 Å². The van der Waals surface area contributed by atoms with Crippen LogP contribution in [0.4, 0.5) is 0 Å². The molecule has 7 rings (SSSR count). The van der Waals surface area contributed by atoms with Crippen molar-refractivity contribution in [2.45, 2.75) is 35.6 Å². The molecule has 1 saturated heterocycles. The van der Waals surface area contributed by atoms with E-state index >= 15 is 0 Å². The van der Waals surface area contributed by atoms with Gasteiger partial charge in [0.25, 0.3) is 0 Å². The minimum Gasteiger partial charge on any atom is -0.489 e. The zero-order valence-corrected chi connectivity index (χ0v) is 22.5. The lowest BCUT2D eigenvalue weighted by atomic mass is 9.68. The number of fused-ring (bicyclic) bond motifs is 9. The van der Waals surface area contributed by atoms with Crippen molar-refractivity contribution in [3.8, 4) is 5.75 Å². The van der Waals surface area contributed by atoms with Crippen LogP contribution in [0.5, 0.6) is 5.75 Å². The Morgan fingerprint density at radius 1 is 1.00 bits per heavy atom. The largest absolute Gasteiger partial charge is 0.489 e. The number of carboxylic acid groups (broad SMARTS) is 1. The molecule has 0 radical (unpaired) electrons. The van der Waals surface area contributed by atoms with E-state index in [-0.39, 0.29) is 58.6 Å². The van der Waals surface area contributed by atoms with Crippen molar-refractivity contribution in [2.24, 2.45) is 29.6 Å². The van der Waals surface area contributed by atoms with E-state index in [1.165, 1.54) is 16.2 Å². The number of benzene rings is 2. The number of nitrogens with one attached hydrogen (secondary N) is 1. The van der Waals surface area contributed by atoms with E-state index in [9.17, 15) is 19.2 Å². The highest BCUT2D eigenvalue weighted by Crippen LogP contribution is 2.69. The number of imide groups is 1. The van der Waals surface area contributed by atoms with Gasteiger partial charge in [0.1, 0.15) is 12.4 Å². The number of likely N-dealkylation sites (tertiary alicyclic amines) is 1. The smallest absolute Gasteiger partial charge is 0.305 e. The summed E-state index contributed by atoms with van der Waals surface area (Å²) in [5.41, 5.74) is 2.04. The number of rotatable bonds is 7. The van der Waals surface area contributed by atoms with Gasteiger partial charge in [-0.2, -0.15) is 0 Å². The predicted octanol–water partition coefficient (Wildman–Crippen LogP) is 3.96. The highest BCUT2D eigenvalue weighted by molar-refractivity contribution is 8.00. The fourth-order valence-electron chi connectivity index (χ4n) is 7.46. The molecule has 2 aliphatic carbocycles. The Morgan fingerprint density at radius 3 is 2.49 bits per heavy atom. The van der Waals surface area contributed by atoms with Crippen LogP contribution in [0.25, 0.3) is 0 Å². The van der Waals surface area contributed by atoms with Crippen LogP contribution in [0.3, 0.4) is 0 Å². The van der Waals surface area contributed by atoms with Crippen molar-refractivity contribution in [3.63, 3.8) is 0 Å². The number of carboxylic acids is 1. The molecular formula is C29H26N2O6S2. The average molecular weight is 563 g/mol.